The number of rotatable bonds is 10. The molecule has 5 heteroatoms. The van der Waals surface area contributed by atoms with Gasteiger partial charge in [-0.05, 0) is 20.0 Å². The molecule has 17 heavy (non-hydrogen) atoms. The molecular formula is C12H31N5. The number of hydrazine groups is 2. The minimum atomic E-state index is 0.387. The summed E-state index contributed by atoms with van der Waals surface area (Å²) in [7, 11) is 6.20. The molecule has 0 aromatic carbocycles. The molecule has 0 aromatic heterocycles. The fourth-order valence-electron chi connectivity index (χ4n) is 1.98. The van der Waals surface area contributed by atoms with Gasteiger partial charge in [-0.15, -0.1) is 0 Å². The molecule has 0 radical (unpaired) electrons. The SMILES string of the molecule is CCNC(CCN(N(C)C)N(CC)CC)NC. The van der Waals surface area contributed by atoms with Crippen molar-refractivity contribution in [1.29, 1.82) is 0 Å². The van der Waals surface area contributed by atoms with Crippen molar-refractivity contribution in [2.24, 2.45) is 0 Å². The van der Waals surface area contributed by atoms with Crippen LogP contribution in [0.25, 0.3) is 0 Å². The van der Waals surface area contributed by atoms with Crippen molar-refractivity contribution in [3.05, 3.63) is 0 Å². The number of nitrogens with zero attached hydrogens (tertiary/aromatic N) is 3. The lowest BCUT2D eigenvalue weighted by Gasteiger charge is -2.38. The van der Waals surface area contributed by atoms with Crippen LogP contribution in [0.5, 0.6) is 0 Å². The molecule has 0 amide bonds. The van der Waals surface area contributed by atoms with E-state index in [1.54, 1.807) is 0 Å². The van der Waals surface area contributed by atoms with Crippen molar-refractivity contribution < 1.29 is 0 Å². The predicted octanol–water partition coefficient (Wildman–Crippen LogP) is 0.567. The summed E-state index contributed by atoms with van der Waals surface area (Å²) in [6.07, 6.45) is 1.47. The molecule has 0 aliphatic carbocycles. The van der Waals surface area contributed by atoms with Crippen molar-refractivity contribution in [2.75, 3.05) is 47.3 Å². The van der Waals surface area contributed by atoms with Gasteiger partial charge in [-0.25, -0.2) is 10.0 Å². The van der Waals surface area contributed by atoms with Crippen LogP contribution in [0, 0.1) is 0 Å². The summed E-state index contributed by atoms with van der Waals surface area (Å²) in [4.78, 5) is 0. The van der Waals surface area contributed by atoms with Crippen molar-refractivity contribution in [3.8, 4) is 0 Å². The normalized spacial score (nSPS) is 13.9. The van der Waals surface area contributed by atoms with Crippen molar-refractivity contribution in [3.63, 3.8) is 0 Å². The third-order valence-corrected chi connectivity index (χ3v) is 2.94. The Morgan fingerprint density at radius 1 is 1.06 bits per heavy atom. The summed E-state index contributed by atoms with van der Waals surface area (Å²) in [5, 5.41) is 13.5. The quantitative estimate of drug-likeness (QED) is 0.434. The summed E-state index contributed by atoms with van der Waals surface area (Å²) in [6.45, 7) is 10.6. The van der Waals surface area contributed by atoms with Gasteiger partial charge in [0.1, 0.15) is 0 Å². The molecule has 0 bridgehead atoms. The summed E-state index contributed by atoms with van der Waals surface area (Å²) in [5.41, 5.74) is 0. The minimum absolute atomic E-state index is 0.387. The second-order valence-electron chi connectivity index (χ2n) is 4.27. The lowest BCUT2D eigenvalue weighted by atomic mass is 10.3. The van der Waals surface area contributed by atoms with E-state index in [1.807, 2.05) is 7.05 Å². The van der Waals surface area contributed by atoms with E-state index in [4.69, 9.17) is 0 Å². The Morgan fingerprint density at radius 2 is 1.65 bits per heavy atom. The number of hydrogen-bond donors (Lipinski definition) is 2. The average Bonchev–Trinajstić information content (AvgIpc) is 2.32. The first kappa shape index (κ1) is 16.8. The highest BCUT2D eigenvalue weighted by atomic mass is 15.8. The maximum absolute atomic E-state index is 3.43. The first-order chi connectivity index (χ1) is 8.10. The minimum Gasteiger partial charge on any atom is -0.305 e. The molecule has 5 nitrogen and oxygen atoms in total. The Morgan fingerprint density at radius 3 is 2.00 bits per heavy atom. The van der Waals surface area contributed by atoms with Crippen LogP contribution in [0.1, 0.15) is 27.2 Å². The molecule has 0 saturated carbocycles. The Labute approximate surface area is 107 Å². The Kier molecular flexibility index (Phi) is 9.68. The fraction of sp³-hybridized carbons (Fsp3) is 1.00. The van der Waals surface area contributed by atoms with Crippen LogP contribution in [0.15, 0.2) is 0 Å². The van der Waals surface area contributed by atoms with Gasteiger partial charge >= 0.3 is 0 Å². The maximum atomic E-state index is 3.43. The van der Waals surface area contributed by atoms with Gasteiger partial charge in [0.15, 0.2) is 0 Å². The molecule has 1 unspecified atom stereocenters. The highest BCUT2D eigenvalue weighted by molar-refractivity contribution is 4.63. The van der Waals surface area contributed by atoms with Gasteiger partial charge in [0.2, 0.25) is 0 Å². The molecule has 2 N–H and O–H groups in total. The molecule has 0 aliphatic heterocycles. The highest BCUT2D eigenvalue weighted by Crippen LogP contribution is 2.02. The summed E-state index contributed by atoms with van der Waals surface area (Å²) < 4.78 is 0. The van der Waals surface area contributed by atoms with E-state index in [1.165, 1.54) is 0 Å². The van der Waals surface area contributed by atoms with E-state index in [9.17, 15) is 0 Å². The second kappa shape index (κ2) is 9.79. The molecule has 1 atom stereocenters. The first-order valence-electron chi connectivity index (χ1n) is 6.70. The molecule has 0 aliphatic rings. The van der Waals surface area contributed by atoms with Gasteiger partial charge in [-0.2, -0.15) is 5.12 Å². The first-order valence-corrected chi connectivity index (χ1v) is 6.70. The molecule has 0 saturated heterocycles. The van der Waals surface area contributed by atoms with Crippen molar-refractivity contribution in [1.82, 2.24) is 25.8 Å². The van der Waals surface area contributed by atoms with E-state index in [2.05, 4.69) is 60.6 Å². The van der Waals surface area contributed by atoms with Crippen molar-refractivity contribution in [2.45, 2.75) is 33.4 Å². The van der Waals surface area contributed by atoms with E-state index in [0.717, 1.165) is 32.6 Å². The van der Waals surface area contributed by atoms with Gasteiger partial charge in [-0.3, -0.25) is 0 Å². The van der Waals surface area contributed by atoms with E-state index in [-0.39, 0.29) is 0 Å². The van der Waals surface area contributed by atoms with Gasteiger partial charge in [0.25, 0.3) is 0 Å². The Bertz CT molecular complexity index is 170. The summed E-state index contributed by atoms with van der Waals surface area (Å²) in [5.74, 6) is 0. The molecule has 0 fully saturated rings. The highest BCUT2D eigenvalue weighted by Gasteiger charge is 2.15. The van der Waals surface area contributed by atoms with Crippen LogP contribution in [-0.2, 0) is 0 Å². The third kappa shape index (κ3) is 6.33. The Hall–Kier alpha value is -0.200. The zero-order chi connectivity index (χ0) is 13.3. The predicted molar refractivity (Wildman–Crippen MR) is 74.5 cm³/mol. The number of hydrogen-bond acceptors (Lipinski definition) is 5. The summed E-state index contributed by atoms with van der Waals surface area (Å²) in [6, 6.07) is 0. The fourth-order valence-corrected chi connectivity index (χ4v) is 1.98. The molecular weight excluding hydrogens is 214 g/mol. The van der Waals surface area contributed by atoms with Crippen LogP contribution >= 0.6 is 0 Å². The maximum Gasteiger partial charge on any atom is 0.0582 e. The van der Waals surface area contributed by atoms with Crippen molar-refractivity contribution >= 4 is 0 Å². The van der Waals surface area contributed by atoms with Crippen LogP contribution in [-0.4, -0.2) is 68.6 Å². The van der Waals surface area contributed by atoms with Crippen LogP contribution in [0.2, 0.25) is 0 Å². The van der Waals surface area contributed by atoms with Gasteiger partial charge in [0, 0.05) is 33.7 Å². The van der Waals surface area contributed by atoms with E-state index >= 15 is 0 Å². The summed E-state index contributed by atoms with van der Waals surface area (Å²) >= 11 is 0. The van der Waals surface area contributed by atoms with Gasteiger partial charge in [-0.1, -0.05) is 20.8 Å². The molecule has 0 rings (SSSR count). The van der Waals surface area contributed by atoms with Gasteiger partial charge < -0.3 is 10.6 Å². The number of nitrogens with one attached hydrogen (secondary N) is 2. The molecule has 104 valence electrons. The standard InChI is InChI=1S/C12H31N5/c1-7-14-12(13-4)10-11-17(15(5)6)16(8-2)9-3/h12-14H,7-11H2,1-6H3. The topological polar surface area (TPSA) is 33.8 Å². The van der Waals surface area contributed by atoms with Crippen LogP contribution in [0.4, 0.5) is 0 Å². The van der Waals surface area contributed by atoms with Crippen LogP contribution in [0.3, 0.4) is 0 Å². The second-order valence-corrected chi connectivity index (χ2v) is 4.27. The zero-order valence-electron chi connectivity index (χ0n) is 12.5. The Balaban J connectivity index is 4.24. The third-order valence-electron chi connectivity index (χ3n) is 2.94. The molecule has 0 spiro atoms. The lowest BCUT2D eigenvalue weighted by molar-refractivity contribution is -0.158. The van der Waals surface area contributed by atoms with E-state index in [0.29, 0.717) is 6.17 Å². The monoisotopic (exact) mass is 245 g/mol. The average molecular weight is 245 g/mol. The largest absolute Gasteiger partial charge is 0.305 e. The smallest absolute Gasteiger partial charge is 0.0582 e. The molecule has 0 heterocycles. The zero-order valence-corrected chi connectivity index (χ0v) is 12.5. The van der Waals surface area contributed by atoms with Gasteiger partial charge in [0.05, 0.1) is 6.17 Å². The lowest BCUT2D eigenvalue weighted by Crippen LogP contribution is -2.52. The van der Waals surface area contributed by atoms with E-state index < -0.39 is 0 Å². The molecule has 0 aromatic rings. The van der Waals surface area contributed by atoms with Crippen LogP contribution < -0.4 is 10.6 Å².